The third kappa shape index (κ3) is 5.87. The normalized spacial score (nSPS) is 14.4. The molecule has 0 aliphatic carbocycles. The zero-order valence-electron chi connectivity index (χ0n) is 20.2. The van der Waals surface area contributed by atoms with Gasteiger partial charge in [0.05, 0.1) is 18.5 Å². The van der Waals surface area contributed by atoms with E-state index in [0.717, 1.165) is 4.90 Å². The quantitative estimate of drug-likeness (QED) is 0.289. The van der Waals surface area contributed by atoms with Crippen molar-refractivity contribution in [1.82, 2.24) is 5.32 Å². The molecule has 1 aliphatic heterocycles. The van der Waals surface area contributed by atoms with E-state index in [9.17, 15) is 19.2 Å². The molecule has 0 bridgehead atoms. The highest BCUT2D eigenvalue weighted by Gasteiger charge is 2.37. The number of urea groups is 1. The number of carbonyl (C=O) groups is 4. The van der Waals surface area contributed by atoms with E-state index in [1.807, 2.05) is 0 Å². The Labute approximate surface area is 231 Å². The summed E-state index contributed by atoms with van der Waals surface area (Å²) < 4.78 is 11.6. The Morgan fingerprint density at radius 3 is 2.61 bits per heavy atom. The number of benzene rings is 3. The van der Waals surface area contributed by atoms with Gasteiger partial charge in [0, 0.05) is 15.1 Å². The summed E-state index contributed by atoms with van der Waals surface area (Å²) in [5.74, 6) is -1.42. The summed E-state index contributed by atoms with van der Waals surface area (Å²) in [6.45, 7) is 1.35. The number of anilines is 2. The smallest absolute Gasteiger partial charge is 0.335 e. The molecule has 4 rings (SSSR count). The minimum absolute atomic E-state index is 0.235. The Kier molecular flexibility index (Phi) is 8.13. The third-order valence-electron chi connectivity index (χ3n) is 5.53. The van der Waals surface area contributed by atoms with Gasteiger partial charge in [-0.25, -0.2) is 9.69 Å². The summed E-state index contributed by atoms with van der Waals surface area (Å²) in [6.07, 6.45) is 1.30. The fourth-order valence-corrected chi connectivity index (χ4v) is 4.24. The lowest BCUT2D eigenvalue weighted by Crippen LogP contribution is -2.54. The average Bonchev–Trinajstić information content (AvgIpc) is 2.88. The van der Waals surface area contributed by atoms with Gasteiger partial charge in [0.25, 0.3) is 17.7 Å². The molecule has 1 heterocycles. The average molecular weight is 599 g/mol. The van der Waals surface area contributed by atoms with Crippen molar-refractivity contribution in [2.24, 2.45) is 0 Å². The predicted molar refractivity (Wildman–Crippen MR) is 146 cm³/mol. The molecule has 1 saturated heterocycles. The molecule has 9 nitrogen and oxygen atoms in total. The van der Waals surface area contributed by atoms with E-state index in [1.165, 1.54) is 19.3 Å². The number of imide groups is 2. The maximum absolute atomic E-state index is 13.3. The van der Waals surface area contributed by atoms with Gasteiger partial charge in [-0.1, -0.05) is 45.7 Å². The number of hydrogen-bond donors (Lipinski definition) is 2. The molecule has 0 radical (unpaired) electrons. The van der Waals surface area contributed by atoms with E-state index in [-0.39, 0.29) is 23.6 Å². The number of methoxy groups -OCH3 is 1. The molecule has 194 valence electrons. The highest BCUT2D eigenvalue weighted by atomic mass is 79.9. The van der Waals surface area contributed by atoms with Gasteiger partial charge in [-0.05, 0) is 61.0 Å². The molecule has 0 atom stereocenters. The van der Waals surface area contributed by atoms with Crippen LogP contribution < -0.4 is 25.0 Å². The lowest BCUT2D eigenvalue weighted by molar-refractivity contribution is -0.122. The first-order valence-electron chi connectivity index (χ1n) is 11.2. The van der Waals surface area contributed by atoms with Gasteiger partial charge >= 0.3 is 6.03 Å². The topological polar surface area (TPSA) is 114 Å². The molecule has 3 aromatic rings. The summed E-state index contributed by atoms with van der Waals surface area (Å²) >= 11 is 9.44. The Bertz CT molecular complexity index is 1490. The number of aryl methyl sites for hydroxylation is 1. The number of barbiturate groups is 1. The van der Waals surface area contributed by atoms with Crippen LogP contribution in [-0.2, 0) is 14.4 Å². The number of para-hydroxylation sites is 2. The number of amides is 5. The summed E-state index contributed by atoms with van der Waals surface area (Å²) in [6, 6.07) is 15.7. The number of nitrogens with one attached hydrogen (secondary N) is 2. The summed E-state index contributed by atoms with van der Waals surface area (Å²) in [4.78, 5) is 52.0. The van der Waals surface area contributed by atoms with Crippen molar-refractivity contribution < 1.29 is 28.7 Å². The second-order valence-electron chi connectivity index (χ2n) is 8.11. The highest BCUT2D eigenvalue weighted by Crippen LogP contribution is 2.30. The maximum Gasteiger partial charge on any atom is 0.335 e. The van der Waals surface area contributed by atoms with E-state index < -0.39 is 23.8 Å². The molecule has 11 heteroatoms. The number of carbonyl (C=O) groups excluding carboxylic acids is 4. The van der Waals surface area contributed by atoms with Crippen molar-refractivity contribution in [2.75, 3.05) is 23.9 Å². The van der Waals surface area contributed by atoms with Crippen LogP contribution in [0.2, 0.25) is 5.02 Å². The molecule has 0 spiro atoms. The first-order chi connectivity index (χ1) is 18.2. The Balaban J connectivity index is 1.60. The zero-order valence-corrected chi connectivity index (χ0v) is 22.6. The summed E-state index contributed by atoms with van der Waals surface area (Å²) in [7, 11) is 1.49. The number of rotatable bonds is 7. The van der Waals surface area contributed by atoms with Crippen LogP contribution in [0.15, 0.2) is 70.7 Å². The minimum atomic E-state index is -0.888. The molecule has 2 N–H and O–H groups in total. The standard InChI is InChI=1S/C27H21BrClN3O6/c1-15-7-9-18(29)13-21(15)32-26(35)19(25(34)31-27(32)36)12-16-11-17(28)8-10-22(16)38-14-24(33)30-20-5-3-4-6-23(20)37-2/h3-13H,14H2,1-2H3,(H,30,33)(H,31,34,36)/b19-12+. The molecule has 1 aliphatic rings. The van der Waals surface area contributed by atoms with E-state index in [0.29, 0.717) is 32.1 Å². The van der Waals surface area contributed by atoms with Gasteiger partial charge in [-0.3, -0.25) is 19.7 Å². The number of hydrogen-bond acceptors (Lipinski definition) is 6. The fraction of sp³-hybridized carbons (Fsp3) is 0.111. The van der Waals surface area contributed by atoms with Crippen LogP contribution in [0.1, 0.15) is 11.1 Å². The zero-order chi connectivity index (χ0) is 27.4. The van der Waals surface area contributed by atoms with E-state index >= 15 is 0 Å². The SMILES string of the molecule is COc1ccccc1NC(=O)COc1ccc(Br)cc1/C=C1\C(=O)NC(=O)N(c2cc(Cl)ccc2C)C1=O. The van der Waals surface area contributed by atoms with Gasteiger partial charge in [0.2, 0.25) is 0 Å². The first kappa shape index (κ1) is 26.9. The molecule has 0 unspecified atom stereocenters. The lowest BCUT2D eigenvalue weighted by atomic mass is 10.0. The first-order valence-corrected chi connectivity index (χ1v) is 12.4. The van der Waals surface area contributed by atoms with Crippen LogP contribution in [0, 0.1) is 6.92 Å². The molecule has 0 aromatic heterocycles. The maximum atomic E-state index is 13.3. The van der Waals surface area contributed by atoms with Crippen LogP contribution in [0.4, 0.5) is 16.2 Å². The van der Waals surface area contributed by atoms with Crippen molar-refractivity contribution in [3.05, 3.63) is 86.9 Å². The van der Waals surface area contributed by atoms with Crippen molar-refractivity contribution in [3.63, 3.8) is 0 Å². The Morgan fingerprint density at radius 2 is 1.84 bits per heavy atom. The van der Waals surface area contributed by atoms with Crippen LogP contribution >= 0.6 is 27.5 Å². The van der Waals surface area contributed by atoms with E-state index in [2.05, 4.69) is 26.6 Å². The third-order valence-corrected chi connectivity index (χ3v) is 6.25. The van der Waals surface area contributed by atoms with Crippen LogP contribution in [-0.4, -0.2) is 37.5 Å². The van der Waals surface area contributed by atoms with Crippen LogP contribution in [0.25, 0.3) is 6.08 Å². The highest BCUT2D eigenvalue weighted by molar-refractivity contribution is 9.10. The minimum Gasteiger partial charge on any atom is -0.495 e. The second-order valence-corrected chi connectivity index (χ2v) is 9.46. The largest absolute Gasteiger partial charge is 0.495 e. The van der Waals surface area contributed by atoms with E-state index in [1.54, 1.807) is 61.5 Å². The molecule has 5 amide bonds. The van der Waals surface area contributed by atoms with Crippen molar-refractivity contribution in [1.29, 1.82) is 0 Å². The number of nitrogens with zero attached hydrogens (tertiary/aromatic N) is 1. The van der Waals surface area contributed by atoms with Gasteiger partial charge in [0.15, 0.2) is 6.61 Å². The van der Waals surface area contributed by atoms with Gasteiger partial charge < -0.3 is 14.8 Å². The number of ether oxygens (including phenoxy) is 2. The molecular formula is C27H21BrClN3O6. The van der Waals surface area contributed by atoms with Crippen LogP contribution in [0.5, 0.6) is 11.5 Å². The van der Waals surface area contributed by atoms with Crippen molar-refractivity contribution >= 4 is 68.7 Å². The van der Waals surface area contributed by atoms with Gasteiger partial charge in [-0.15, -0.1) is 0 Å². The Morgan fingerprint density at radius 1 is 1.08 bits per heavy atom. The van der Waals surface area contributed by atoms with Crippen molar-refractivity contribution in [2.45, 2.75) is 6.92 Å². The molecule has 3 aromatic carbocycles. The second kappa shape index (κ2) is 11.5. The van der Waals surface area contributed by atoms with Gasteiger partial charge in [-0.2, -0.15) is 0 Å². The lowest BCUT2D eigenvalue weighted by Gasteiger charge is -2.27. The predicted octanol–water partition coefficient (Wildman–Crippen LogP) is 5.10. The Hall–Kier alpha value is -4.15. The summed E-state index contributed by atoms with van der Waals surface area (Å²) in [5, 5.41) is 5.22. The fourth-order valence-electron chi connectivity index (χ4n) is 3.70. The van der Waals surface area contributed by atoms with Crippen LogP contribution in [0.3, 0.4) is 0 Å². The van der Waals surface area contributed by atoms with E-state index in [4.69, 9.17) is 21.1 Å². The molecule has 38 heavy (non-hydrogen) atoms. The number of halogens is 2. The molecular weight excluding hydrogens is 578 g/mol. The monoisotopic (exact) mass is 597 g/mol. The summed E-state index contributed by atoms with van der Waals surface area (Å²) in [5.41, 5.74) is 1.37. The molecule has 1 fully saturated rings. The van der Waals surface area contributed by atoms with Crippen molar-refractivity contribution in [3.8, 4) is 11.5 Å². The van der Waals surface area contributed by atoms with Gasteiger partial charge in [0.1, 0.15) is 17.1 Å². The molecule has 0 saturated carbocycles.